The first-order valence-electron chi connectivity index (χ1n) is 9.31. The van der Waals surface area contributed by atoms with Gasteiger partial charge in [-0.2, -0.15) is 18.3 Å². The molecule has 31 heavy (non-hydrogen) atoms. The van der Waals surface area contributed by atoms with E-state index in [1.165, 1.54) is 24.4 Å². The van der Waals surface area contributed by atoms with E-state index in [9.17, 15) is 17.6 Å². The summed E-state index contributed by atoms with van der Waals surface area (Å²) in [5.41, 5.74) is 3.23. The minimum Gasteiger partial charge on any atom is -0.490 e. The van der Waals surface area contributed by atoms with E-state index in [-0.39, 0.29) is 18.2 Å². The molecule has 0 radical (unpaired) electrons. The number of halogens is 4. The number of pyridine rings is 1. The van der Waals surface area contributed by atoms with Gasteiger partial charge in [-0.05, 0) is 60.5 Å². The highest BCUT2D eigenvalue weighted by molar-refractivity contribution is 5.81. The van der Waals surface area contributed by atoms with Crippen molar-refractivity contribution in [1.29, 1.82) is 0 Å². The van der Waals surface area contributed by atoms with E-state index >= 15 is 0 Å². The molecule has 0 aliphatic carbocycles. The van der Waals surface area contributed by atoms with Crippen LogP contribution in [-0.2, 0) is 12.8 Å². The number of rotatable bonds is 8. The minimum absolute atomic E-state index is 0.175. The van der Waals surface area contributed by atoms with Crippen molar-refractivity contribution >= 4 is 12.0 Å². The average Bonchev–Trinajstić information content (AvgIpc) is 2.74. The lowest BCUT2D eigenvalue weighted by molar-refractivity contribution is -0.137. The summed E-state index contributed by atoms with van der Waals surface area (Å²) in [5.74, 6) is 0.873. The van der Waals surface area contributed by atoms with Crippen LogP contribution in [0.15, 0.2) is 65.9 Å². The van der Waals surface area contributed by atoms with Gasteiger partial charge < -0.3 is 9.47 Å². The van der Waals surface area contributed by atoms with Crippen LogP contribution in [0.25, 0.3) is 0 Å². The number of hydrazone groups is 1. The smallest absolute Gasteiger partial charge is 0.417 e. The summed E-state index contributed by atoms with van der Waals surface area (Å²) in [6, 6.07) is 13.3. The zero-order chi connectivity index (χ0) is 22.3. The highest BCUT2D eigenvalue weighted by atomic mass is 19.4. The van der Waals surface area contributed by atoms with Crippen molar-refractivity contribution in [3.05, 3.63) is 83.3 Å². The molecule has 0 amide bonds. The fourth-order valence-corrected chi connectivity index (χ4v) is 2.53. The lowest BCUT2D eigenvalue weighted by Crippen LogP contribution is -2.05. The van der Waals surface area contributed by atoms with Crippen LogP contribution in [0.1, 0.15) is 23.6 Å². The molecule has 0 aliphatic rings. The Morgan fingerprint density at radius 2 is 1.77 bits per heavy atom. The van der Waals surface area contributed by atoms with Crippen LogP contribution in [0.5, 0.6) is 11.5 Å². The van der Waals surface area contributed by atoms with Crippen LogP contribution in [0.4, 0.5) is 23.4 Å². The van der Waals surface area contributed by atoms with Crippen LogP contribution < -0.4 is 14.9 Å². The number of hydrogen-bond acceptors (Lipinski definition) is 5. The summed E-state index contributed by atoms with van der Waals surface area (Å²) in [7, 11) is 0. The SMILES string of the molecule is CCOc1cc(/C=N\Nc2ccc(C(F)(F)F)cn2)ccc1OCc1ccc(F)cc1. The van der Waals surface area contributed by atoms with Gasteiger partial charge in [-0.1, -0.05) is 12.1 Å². The van der Waals surface area contributed by atoms with Gasteiger partial charge >= 0.3 is 6.18 Å². The molecular formula is C22H19F4N3O2. The number of benzene rings is 2. The molecular weight excluding hydrogens is 414 g/mol. The molecule has 3 aromatic rings. The van der Waals surface area contributed by atoms with Gasteiger partial charge in [-0.15, -0.1) is 0 Å². The molecule has 5 nitrogen and oxygen atoms in total. The van der Waals surface area contributed by atoms with Crippen molar-refractivity contribution in [3.63, 3.8) is 0 Å². The molecule has 1 N–H and O–H groups in total. The summed E-state index contributed by atoms with van der Waals surface area (Å²) in [6.45, 7) is 2.50. The summed E-state index contributed by atoms with van der Waals surface area (Å²) in [6.07, 6.45) is -2.23. The number of hydrogen-bond donors (Lipinski definition) is 1. The Morgan fingerprint density at radius 1 is 1.00 bits per heavy atom. The first kappa shape index (κ1) is 22.1. The van der Waals surface area contributed by atoms with E-state index in [0.717, 1.165) is 17.8 Å². The van der Waals surface area contributed by atoms with Gasteiger partial charge in [0.05, 0.1) is 18.4 Å². The molecule has 3 rings (SSSR count). The van der Waals surface area contributed by atoms with E-state index in [1.807, 2.05) is 6.92 Å². The lowest BCUT2D eigenvalue weighted by atomic mass is 10.2. The minimum atomic E-state index is -4.44. The summed E-state index contributed by atoms with van der Waals surface area (Å²) in [5, 5.41) is 3.99. The topological polar surface area (TPSA) is 55.7 Å². The molecule has 0 spiro atoms. The number of aromatic nitrogens is 1. The van der Waals surface area contributed by atoms with Crippen LogP contribution in [0.2, 0.25) is 0 Å². The third-order valence-electron chi connectivity index (χ3n) is 4.06. The molecule has 0 atom stereocenters. The second kappa shape index (κ2) is 9.92. The monoisotopic (exact) mass is 433 g/mol. The highest BCUT2D eigenvalue weighted by Gasteiger charge is 2.30. The summed E-state index contributed by atoms with van der Waals surface area (Å²) >= 11 is 0. The normalized spacial score (nSPS) is 11.5. The zero-order valence-corrected chi connectivity index (χ0v) is 16.5. The van der Waals surface area contributed by atoms with Crippen LogP contribution in [0.3, 0.4) is 0 Å². The molecule has 9 heteroatoms. The van der Waals surface area contributed by atoms with Crippen molar-refractivity contribution in [2.75, 3.05) is 12.0 Å². The fraction of sp³-hybridized carbons (Fsp3) is 0.182. The van der Waals surface area contributed by atoms with Crippen molar-refractivity contribution in [3.8, 4) is 11.5 Å². The highest BCUT2D eigenvalue weighted by Crippen LogP contribution is 2.30. The number of nitrogens with one attached hydrogen (secondary N) is 1. The molecule has 2 aromatic carbocycles. The maximum atomic E-state index is 13.0. The Bertz CT molecular complexity index is 1020. The number of ether oxygens (including phenoxy) is 2. The molecule has 162 valence electrons. The van der Waals surface area contributed by atoms with E-state index in [2.05, 4.69) is 15.5 Å². The Labute approximate surface area is 176 Å². The van der Waals surface area contributed by atoms with Gasteiger partial charge in [0, 0.05) is 6.20 Å². The number of nitrogens with zero attached hydrogens (tertiary/aromatic N) is 2. The predicted octanol–water partition coefficient (Wildman–Crippen LogP) is 5.66. The van der Waals surface area contributed by atoms with E-state index in [0.29, 0.717) is 23.7 Å². The van der Waals surface area contributed by atoms with Crippen molar-refractivity contribution in [2.24, 2.45) is 5.10 Å². The first-order valence-corrected chi connectivity index (χ1v) is 9.31. The molecule has 1 heterocycles. The van der Waals surface area contributed by atoms with Gasteiger partial charge in [-0.3, -0.25) is 5.43 Å². The van der Waals surface area contributed by atoms with Crippen molar-refractivity contribution < 1.29 is 27.0 Å². The van der Waals surface area contributed by atoms with E-state index in [1.54, 1.807) is 30.3 Å². The molecule has 0 bridgehead atoms. The summed E-state index contributed by atoms with van der Waals surface area (Å²) in [4.78, 5) is 3.68. The second-order valence-electron chi connectivity index (χ2n) is 6.35. The standard InChI is InChI=1S/C22H19F4N3O2/c1-2-30-20-11-16(5-9-19(20)31-14-15-3-7-18(23)8-4-15)12-28-29-21-10-6-17(13-27-21)22(24,25)26/h3-13H,2,14H2,1H3,(H,27,29)/b28-12-. The second-order valence-corrected chi connectivity index (χ2v) is 6.35. The molecule has 0 saturated carbocycles. The van der Waals surface area contributed by atoms with Crippen LogP contribution in [-0.4, -0.2) is 17.8 Å². The van der Waals surface area contributed by atoms with Crippen molar-refractivity contribution in [2.45, 2.75) is 19.7 Å². The van der Waals surface area contributed by atoms with E-state index < -0.39 is 11.7 Å². The quantitative estimate of drug-likeness (QED) is 0.283. The lowest BCUT2D eigenvalue weighted by Gasteiger charge is -2.12. The zero-order valence-electron chi connectivity index (χ0n) is 16.5. The van der Waals surface area contributed by atoms with Gasteiger partial charge in [0.15, 0.2) is 11.5 Å². The maximum absolute atomic E-state index is 13.0. The van der Waals surface area contributed by atoms with Gasteiger partial charge in [0.1, 0.15) is 18.2 Å². The number of anilines is 1. The van der Waals surface area contributed by atoms with Crippen molar-refractivity contribution in [1.82, 2.24) is 4.98 Å². The predicted molar refractivity (Wildman–Crippen MR) is 109 cm³/mol. The maximum Gasteiger partial charge on any atom is 0.417 e. The first-order chi connectivity index (χ1) is 14.8. The number of alkyl halides is 3. The van der Waals surface area contributed by atoms with Gasteiger partial charge in [0.25, 0.3) is 0 Å². The Morgan fingerprint density at radius 3 is 2.42 bits per heavy atom. The molecule has 0 fully saturated rings. The Kier molecular flexibility index (Phi) is 7.07. The summed E-state index contributed by atoms with van der Waals surface area (Å²) < 4.78 is 62.1. The Hall–Kier alpha value is -3.62. The van der Waals surface area contributed by atoms with Crippen LogP contribution >= 0.6 is 0 Å². The molecule has 0 saturated heterocycles. The third kappa shape index (κ3) is 6.43. The van der Waals surface area contributed by atoms with Gasteiger partial charge in [-0.25, -0.2) is 9.37 Å². The molecule has 0 unspecified atom stereocenters. The fourth-order valence-electron chi connectivity index (χ4n) is 2.53. The molecule has 1 aromatic heterocycles. The molecule has 0 aliphatic heterocycles. The van der Waals surface area contributed by atoms with Gasteiger partial charge in [0.2, 0.25) is 0 Å². The van der Waals surface area contributed by atoms with Crippen LogP contribution in [0, 0.1) is 5.82 Å². The largest absolute Gasteiger partial charge is 0.490 e. The Balaban J connectivity index is 1.64. The average molecular weight is 433 g/mol. The third-order valence-corrected chi connectivity index (χ3v) is 4.06. The van der Waals surface area contributed by atoms with E-state index in [4.69, 9.17) is 9.47 Å².